The first-order chi connectivity index (χ1) is 9.65. The maximum Gasteiger partial charge on any atom is 0.237 e. The van der Waals surface area contributed by atoms with Gasteiger partial charge in [-0.15, -0.1) is 0 Å². The highest BCUT2D eigenvalue weighted by atomic mass is 19.1. The van der Waals surface area contributed by atoms with Crippen LogP contribution in [-0.4, -0.2) is 11.9 Å². The van der Waals surface area contributed by atoms with E-state index in [-0.39, 0.29) is 18.3 Å². The molecule has 104 valence electrons. The molecule has 0 saturated carbocycles. The summed E-state index contributed by atoms with van der Waals surface area (Å²) in [6.07, 6.45) is 0.482. The van der Waals surface area contributed by atoms with E-state index in [0.29, 0.717) is 12.0 Å². The lowest BCUT2D eigenvalue weighted by Gasteiger charge is -2.12. The third kappa shape index (κ3) is 4.17. The summed E-state index contributed by atoms with van der Waals surface area (Å²) in [5.74, 6) is -0.552. The fourth-order valence-electron chi connectivity index (χ4n) is 1.93. The molecule has 0 saturated heterocycles. The molecule has 0 radical (unpaired) electrons. The van der Waals surface area contributed by atoms with E-state index in [4.69, 9.17) is 5.73 Å². The number of nitrogens with two attached hydrogens (primary N) is 1. The number of halogens is 1. The summed E-state index contributed by atoms with van der Waals surface area (Å²) >= 11 is 0. The minimum absolute atomic E-state index is 0.238. The van der Waals surface area contributed by atoms with Crippen molar-refractivity contribution in [2.45, 2.75) is 19.0 Å². The van der Waals surface area contributed by atoms with Gasteiger partial charge in [-0.2, -0.15) is 0 Å². The molecule has 1 amide bonds. The molecule has 2 aromatic carbocycles. The van der Waals surface area contributed by atoms with Gasteiger partial charge in [0.2, 0.25) is 5.91 Å². The standard InChI is InChI=1S/C16H17FN2O/c17-14-8-4-7-13(9-14)11-19-16(20)15(18)10-12-5-2-1-3-6-12/h1-9,15H,10-11,18H2,(H,19,20). The normalized spacial score (nSPS) is 11.9. The molecule has 1 unspecified atom stereocenters. The van der Waals surface area contributed by atoms with Crippen molar-refractivity contribution in [1.29, 1.82) is 0 Å². The summed E-state index contributed by atoms with van der Waals surface area (Å²) in [6, 6.07) is 15.1. The lowest BCUT2D eigenvalue weighted by molar-refractivity contribution is -0.122. The molecule has 0 aliphatic rings. The van der Waals surface area contributed by atoms with Crippen LogP contribution in [0.4, 0.5) is 4.39 Å². The van der Waals surface area contributed by atoms with Gasteiger partial charge in [0.15, 0.2) is 0 Å². The van der Waals surface area contributed by atoms with Gasteiger partial charge in [0.25, 0.3) is 0 Å². The molecule has 3 nitrogen and oxygen atoms in total. The number of carbonyl (C=O) groups is 1. The van der Waals surface area contributed by atoms with Crippen molar-refractivity contribution in [3.8, 4) is 0 Å². The molecular formula is C16H17FN2O. The number of nitrogens with one attached hydrogen (secondary N) is 1. The molecule has 2 aromatic rings. The molecule has 0 spiro atoms. The third-order valence-electron chi connectivity index (χ3n) is 2.99. The Hall–Kier alpha value is -2.20. The van der Waals surface area contributed by atoms with E-state index < -0.39 is 6.04 Å². The van der Waals surface area contributed by atoms with Crippen LogP contribution in [0, 0.1) is 5.82 Å². The smallest absolute Gasteiger partial charge is 0.237 e. The monoisotopic (exact) mass is 272 g/mol. The second kappa shape index (κ2) is 6.82. The van der Waals surface area contributed by atoms with E-state index in [9.17, 15) is 9.18 Å². The Morgan fingerprint density at radius 2 is 1.80 bits per heavy atom. The van der Waals surface area contributed by atoms with Gasteiger partial charge in [0, 0.05) is 6.54 Å². The quantitative estimate of drug-likeness (QED) is 0.875. The summed E-state index contributed by atoms with van der Waals surface area (Å²) in [6.45, 7) is 0.277. The molecule has 20 heavy (non-hydrogen) atoms. The molecule has 0 aliphatic carbocycles. The maximum atomic E-state index is 13.0. The van der Waals surface area contributed by atoms with Crippen LogP contribution < -0.4 is 11.1 Å². The molecule has 0 aromatic heterocycles. The first kappa shape index (κ1) is 14.2. The molecule has 3 N–H and O–H groups in total. The predicted octanol–water partition coefficient (Wildman–Crippen LogP) is 2.01. The van der Waals surface area contributed by atoms with E-state index in [1.54, 1.807) is 12.1 Å². The number of hydrogen-bond acceptors (Lipinski definition) is 2. The van der Waals surface area contributed by atoms with Gasteiger partial charge in [0.1, 0.15) is 5.82 Å². The summed E-state index contributed by atoms with van der Waals surface area (Å²) in [7, 11) is 0. The number of hydrogen-bond donors (Lipinski definition) is 2. The highest BCUT2D eigenvalue weighted by Crippen LogP contribution is 2.04. The summed E-state index contributed by atoms with van der Waals surface area (Å²) < 4.78 is 13.0. The lowest BCUT2D eigenvalue weighted by atomic mass is 10.1. The fourth-order valence-corrected chi connectivity index (χ4v) is 1.93. The van der Waals surface area contributed by atoms with Crippen LogP contribution in [-0.2, 0) is 17.8 Å². The zero-order chi connectivity index (χ0) is 14.4. The predicted molar refractivity (Wildman–Crippen MR) is 76.4 cm³/mol. The van der Waals surface area contributed by atoms with Crippen molar-refractivity contribution in [3.63, 3.8) is 0 Å². The van der Waals surface area contributed by atoms with Crippen LogP contribution in [0.5, 0.6) is 0 Å². The number of rotatable bonds is 5. The number of benzene rings is 2. The minimum Gasteiger partial charge on any atom is -0.351 e. The number of amides is 1. The summed E-state index contributed by atoms with van der Waals surface area (Å²) in [5.41, 5.74) is 7.59. The van der Waals surface area contributed by atoms with Crippen molar-refractivity contribution in [3.05, 3.63) is 71.5 Å². The van der Waals surface area contributed by atoms with Crippen LogP contribution in [0.1, 0.15) is 11.1 Å². The molecule has 4 heteroatoms. The molecule has 1 atom stereocenters. The van der Waals surface area contributed by atoms with E-state index in [2.05, 4.69) is 5.32 Å². The topological polar surface area (TPSA) is 55.1 Å². The molecule has 2 rings (SSSR count). The van der Waals surface area contributed by atoms with Crippen LogP contribution in [0.15, 0.2) is 54.6 Å². The summed E-state index contributed by atoms with van der Waals surface area (Å²) in [5, 5.41) is 2.72. The largest absolute Gasteiger partial charge is 0.351 e. The Balaban J connectivity index is 1.85. The highest BCUT2D eigenvalue weighted by molar-refractivity contribution is 5.81. The average Bonchev–Trinajstić information content (AvgIpc) is 2.46. The lowest BCUT2D eigenvalue weighted by Crippen LogP contribution is -2.41. The van der Waals surface area contributed by atoms with E-state index in [1.165, 1.54) is 12.1 Å². The van der Waals surface area contributed by atoms with Crippen molar-refractivity contribution < 1.29 is 9.18 Å². The third-order valence-corrected chi connectivity index (χ3v) is 2.99. The van der Waals surface area contributed by atoms with Crippen LogP contribution in [0.2, 0.25) is 0 Å². The van der Waals surface area contributed by atoms with Gasteiger partial charge in [-0.3, -0.25) is 4.79 Å². The second-order valence-electron chi connectivity index (χ2n) is 4.64. The van der Waals surface area contributed by atoms with E-state index in [1.807, 2.05) is 30.3 Å². The Morgan fingerprint density at radius 3 is 2.50 bits per heavy atom. The van der Waals surface area contributed by atoms with Gasteiger partial charge < -0.3 is 11.1 Å². The minimum atomic E-state index is -0.606. The first-order valence-corrected chi connectivity index (χ1v) is 6.47. The zero-order valence-corrected chi connectivity index (χ0v) is 11.1. The average molecular weight is 272 g/mol. The van der Waals surface area contributed by atoms with Crippen LogP contribution >= 0.6 is 0 Å². The highest BCUT2D eigenvalue weighted by Gasteiger charge is 2.13. The van der Waals surface area contributed by atoms with E-state index in [0.717, 1.165) is 5.56 Å². The van der Waals surface area contributed by atoms with Gasteiger partial charge in [-0.25, -0.2) is 4.39 Å². The Labute approximate surface area is 117 Å². The fraction of sp³-hybridized carbons (Fsp3) is 0.188. The van der Waals surface area contributed by atoms with Crippen molar-refractivity contribution in [2.24, 2.45) is 5.73 Å². The van der Waals surface area contributed by atoms with Gasteiger partial charge in [-0.05, 0) is 29.7 Å². The number of carbonyl (C=O) groups excluding carboxylic acids is 1. The Bertz CT molecular complexity index is 572. The molecular weight excluding hydrogens is 255 g/mol. The summed E-state index contributed by atoms with van der Waals surface area (Å²) in [4.78, 5) is 11.9. The van der Waals surface area contributed by atoms with Gasteiger partial charge in [0.05, 0.1) is 6.04 Å². The zero-order valence-electron chi connectivity index (χ0n) is 11.1. The second-order valence-corrected chi connectivity index (χ2v) is 4.64. The SMILES string of the molecule is NC(Cc1ccccc1)C(=O)NCc1cccc(F)c1. The van der Waals surface area contributed by atoms with Crippen molar-refractivity contribution in [2.75, 3.05) is 0 Å². The Kier molecular flexibility index (Phi) is 4.85. The molecule has 0 aliphatic heterocycles. The van der Waals surface area contributed by atoms with Crippen molar-refractivity contribution in [1.82, 2.24) is 5.32 Å². The molecule has 0 bridgehead atoms. The van der Waals surface area contributed by atoms with Crippen LogP contribution in [0.25, 0.3) is 0 Å². The van der Waals surface area contributed by atoms with Crippen LogP contribution in [0.3, 0.4) is 0 Å². The van der Waals surface area contributed by atoms with Crippen molar-refractivity contribution >= 4 is 5.91 Å². The van der Waals surface area contributed by atoms with Gasteiger partial charge in [-0.1, -0.05) is 42.5 Å². The Morgan fingerprint density at radius 1 is 1.10 bits per heavy atom. The van der Waals surface area contributed by atoms with E-state index >= 15 is 0 Å². The van der Waals surface area contributed by atoms with Gasteiger partial charge >= 0.3 is 0 Å². The molecule has 0 fully saturated rings. The maximum absolute atomic E-state index is 13.0. The molecule has 0 heterocycles. The first-order valence-electron chi connectivity index (χ1n) is 6.47.